The molecule has 0 aromatic heterocycles. The lowest BCUT2D eigenvalue weighted by molar-refractivity contribution is -0.117. The fourth-order valence-electron chi connectivity index (χ4n) is 2.01. The molecule has 1 aliphatic heterocycles. The molecule has 126 valence electrons. The topological polar surface area (TPSA) is 77.0 Å². The zero-order valence-corrected chi connectivity index (χ0v) is 12.5. The van der Waals surface area contributed by atoms with Gasteiger partial charge in [0.05, 0.1) is 11.3 Å². The second-order valence-corrected chi connectivity index (χ2v) is 4.88. The molecule has 0 spiro atoms. The van der Waals surface area contributed by atoms with Crippen LogP contribution >= 0.6 is 0 Å². The first-order valence-electron chi connectivity index (χ1n) is 6.91. The number of benzene rings is 1. The van der Waals surface area contributed by atoms with Gasteiger partial charge in [-0.15, -0.1) is 0 Å². The van der Waals surface area contributed by atoms with Gasteiger partial charge in [0, 0.05) is 24.0 Å². The van der Waals surface area contributed by atoms with Crippen LogP contribution in [-0.4, -0.2) is 18.5 Å². The minimum atomic E-state index is -2.78. The van der Waals surface area contributed by atoms with Crippen molar-refractivity contribution in [3.63, 3.8) is 0 Å². The number of nitrogens with one attached hydrogen (secondary N) is 4. The van der Waals surface area contributed by atoms with Crippen molar-refractivity contribution in [2.45, 2.75) is 13.0 Å². The summed E-state index contributed by atoms with van der Waals surface area (Å²) in [6, 6.07) is 5.90. The third-order valence-corrected chi connectivity index (χ3v) is 3.18. The Bertz CT molecular complexity index is 741. The molecule has 1 aromatic rings. The van der Waals surface area contributed by atoms with Crippen molar-refractivity contribution in [2.75, 3.05) is 0 Å². The molecule has 0 bridgehead atoms. The van der Waals surface area contributed by atoms with E-state index in [1.165, 1.54) is 18.2 Å². The molecule has 2 rings (SSSR count). The van der Waals surface area contributed by atoms with E-state index in [9.17, 15) is 18.0 Å². The molecule has 0 saturated carbocycles. The van der Waals surface area contributed by atoms with Gasteiger partial charge in [0.1, 0.15) is 11.6 Å². The molecule has 1 aliphatic rings. The molecule has 0 aliphatic carbocycles. The number of allylic oxidation sites excluding steroid dienone is 2. The van der Waals surface area contributed by atoms with Crippen molar-refractivity contribution in [1.29, 1.82) is 5.41 Å². The van der Waals surface area contributed by atoms with Gasteiger partial charge in [-0.05, 0) is 12.1 Å². The Morgan fingerprint density at radius 3 is 2.67 bits per heavy atom. The molecule has 4 N–H and O–H groups in total. The summed E-state index contributed by atoms with van der Waals surface area (Å²) in [5, 5.41) is 14.8. The second-order valence-electron chi connectivity index (χ2n) is 4.88. The Balaban J connectivity index is 2.17. The number of amides is 1. The maximum absolute atomic E-state index is 13.5. The Morgan fingerprint density at radius 1 is 1.33 bits per heavy atom. The lowest BCUT2D eigenvalue weighted by atomic mass is 10.2. The lowest BCUT2D eigenvalue weighted by Gasteiger charge is -2.23. The van der Waals surface area contributed by atoms with Crippen LogP contribution in [0.2, 0.25) is 0 Å². The second kappa shape index (κ2) is 7.49. The predicted molar refractivity (Wildman–Crippen MR) is 83.6 cm³/mol. The van der Waals surface area contributed by atoms with E-state index in [1.807, 2.05) is 0 Å². The highest BCUT2D eigenvalue weighted by atomic mass is 19.3. The van der Waals surface area contributed by atoms with E-state index in [0.717, 1.165) is 6.08 Å². The fraction of sp³-hybridized carbons (Fsp3) is 0.125. The van der Waals surface area contributed by atoms with E-state index >= 15 is 0 Å². The highest BCUT2D eigenvalue weighted by Gasteiger charge is 2.22. The first kappa shape index (κ1) is 17.3. The highest BCUT2D eigenvalue weighted by molar-refractivity contribution is 6.12. The Morgan fingerprint density at radius 2 is 2.04 bits per heavy atom. The molecule has 0 atom stereocenters. The summed E-state index contributed by atoms with van der Waals surface area (Å²) in [7, 11) is 0. The van der Waals surface area contributed by atoms with E-state index in [1.54, 1.807) is 6.07 Å². The van der Waals surface area contributed by atoms with Gasteiger partial charge in [-0.25, -0.2) is 13.2 Å². The molecule has 8 heteroatoms. The Labute approximate surface area is 136 Å². The van der Waals surface area contributed by atoms with Gasteiger partial charge in [-0.3, -0.25) is 4.79 Å². The molecule has 5 nitrogen and oxygen atoms in total. The van der Waals surface area contributed by atoms with Gasteiger partial charge in [0.25, 0.3) is 12.3 Å². The summed E-state index contributed by atoms with van der Waals surface area (Å²) in [4.78, 5) is 12.2. The van der Waals surface area contributed by atoms with Crippen LogP contribution < -0.4 is 16.0 Å². The fourth-order valence-corrected chi connectivity index (χ4v) is 2.01. The minimum Gasteiger partial charge on any atom is -0.348 e. The molecule has 0 saturated heterocycles. The molecule has 0 fully saturated rings. The molecule has 1 aromatic carbocycles. The summed E-state index contributed by atoms with van der Waals surface area (Å²) in [6.45, 7) is 3.42. The van der Waals surface area contributed by atoms with Gasteiger partial charge in [-0.2, -0.15) is 0 Å². The smallest absolute Gasteiger partial charge is 0.278 e. The first-order valence-corrected chi connectivity index (χ1v) is 6.91. The summed E-state index contributed by atoms with van der Waals surface area (Å²) < 4.78 is 39.2. The van der Waals surface area contributed by atoms with Crippen LogP contribution in [0.5, 0.6) is 0 Å². The van der Waals surface area contributed by atoms with Crippen molar-refractivity contribution < 1.29 is 18.0 Å². The van der Waals surface area contributed by atoms with E-state index in [-0.39, 0.29) is 29.2 Å². The minimum absolute atomic E-state index is 0.0844. The molecule has 0 radical (unpaired) electrons. The molecule has 0 unspecified atom stereocenters. The van der Waals surface area contributed by atoms with Crippen LogP contribution in [0.4, 0.5) is 13.2 Å². The largest absolute Gasteiger partial charge is 0.348 e. The standard InChI is InChI=1S/C16H15F3N4O/c1-9-6-13(14(18)19)23-15(22-9)11(7-20)16(24)21-8-10-4-2-3-5-12(10)17/h2-7,14,20,22-23H,1,8H2,(H,21,24)/b15-11+,20-7?. The number of hydrogen-bond acceptors (Lipinski definition) is 4. The molecule has 1 heterocycles. The molecular weight excluding hydrogens is 321 g/mol. The van der Waals surface area contributed by atoms with E-state index < -0.39 is 23.8 Å². The van der Waals surface area contributed by atoms with Crippen LogP contribution in [-0.2, 0) is 11.3 Å². The number of hydrogen-bond donors (Lipinski definition) is 4. The summed E-state index contributed by atoms with van der Waals surface area (Å²) in [5.41, 5.74) is -0.226. The third-order valence-electron chi connectivity index (χ3n) is 3.18. The average molecular weight is 336 g/mol. The third kappa shape index (κ3) is 4.03. The van der Waals surface area contributed by atoms with Gasteiger partial charge in [0.2, 0.25) is 0 Å². The number of halogens is 3. The van der Waals surface area contributed by atoms with Gasteiger partial charge in [-0.1, -0.05) is 24.8 Å². The van der Waals surface area contributed by atoms with Crippen molar-refractivity contribution in [3.8, 4) is 0 Å². The Kier molecular flexibility index (Phi) is 5.41. The molecular formula is C16H15F3N4O. The maximum Gasteiger partial charge on any atom is 0.278 e. The number of alkyl halides is 2. The number of carbonyl (C=O) groups excluding carboxylic acids is 1. The first-order chi connectivity index (χ1) is 11.4. The zero-order chi connectivity index (χ0) is 17.7. The van der Waals surface area contributed by atoms with Crippen LogP contribution in [0.1, 0.15) is 5.56 Å². The number of carbonyl (C=O) groups is 1. The monoisotopic (exact) mass is 336 g/mol. The lowest BCUT2D eigenvalue weighted by Crippen LogP contribution is -2.37. The van der Waals surface area contributed by atoms with Crippen LogP contribution in [0.3, 0.4) is 0 Å². The highest BCUT2D eigenvalue weighted by Crippen LogP contribution is 2.15. The van der Waals surface area contributed by atoms with E-state index in [2.05, 4.69) is 22.5 Å². The normalized spacial score (nSPS) is 16.0. The quantitative estimate of drug-likeness (QED) is 0.492. The SMILES string of the molecule is C=C1C=C(C(F)F)N/C(=C(\C=N)C(=O)NCc2ccccc2F)N1. The van der Waals surface area contributed by atoms with E-state index in [0.29, 0.717) is 6.21 Å². The molecule has 24 heavy (non-hydrogen) atoms. The Hall–Kier alpha value is -3.03. The number of rotatable bonds is 5. The van der Waals surface area contributed by atoms with Crippen molar-refractivity contribution >= 4 is 12.1 Å². The van der Waals surface area contributed by atoms with Gasteiger partial charge < -0.3 is 21.4 Å². The summed E-state index contributed by atoms with van der Waals surface area (Å²) in [5.74, 6) is -1.28. The van der Waals surface area contributed by atoms with Crippen LogP contribution in [0, 0.1) is 11.2 Å². The summed E-state index contributed by atoms with van der Waals surface area (Å²) >= 11 is 0. The van der Waals surface area contributed by atoms with Gasteiger partial charge in [0.15, 0.2) is 0 Å². The van der Waals surface area contributed by atoms with Crippen molar-refractivity contribution in [3.05, 3.63) is 71.1 Å². The van der Waals surface area contributed by atoms with Crippen molar-refractivity contribution in [2.24, 2.45) is 0 Å². The predicted octanol–water partition coefficient (Wildman–Crippen LogP) is 2.16. The summed E-state index contributed by atoms with van der Waals surface area (Å²) in [6.07, 6.45) is -0.965. The zero-order valence-electron chi connectivity index (χ0n) is 12.5. The van der Waals surface area contributed by atoms with E-state index in [4.69, 9.17) is 5.41 Å². The van der Waals surface area contributed by atoms with Crippen molar-refractivity contribution in [1.82, 2.24) is 16.0 Å². The van der Waals surface area contributed by atoms with Crippen LogP contribution in [0.25, 0.3) is 0 Å². The van der Waals surface area contributed by atoms with Gasteiger partial charge >= 0.3 is 0 Å². The average Bonchev–Trinajstić information content (AvgIpc) is 2.54. The maximum atomic E-state index is 13.5. The molecule has 1 amide bonds. The van der Waals surface area contributed by atoms with Crippen LogP contribution in [0.15, 0.2) is 59.7 Å².